The summed E-state index contributed by atoms with van der Waals surface area (Å²) in [4.78, 5) is 12.0. The van der Waals surface area contributed by atoms with Gasteiger partial charge in [0.05, 0.1) is 6.61 Å². The molecule has 0 aliphatic carbocycles. The minimum atomic E-state index is -0.207. The lowest BCUT2D eigenvalue weighted by atomic mass is 9.99. The zero-order valence-corrected chi connectivity index (χ0v) is 15.4. The molecule has 1 amide bonds. The first-order valence-electron chi connectivity index (χ1n) is 8.89. The Balaban J connectivity index is 1.73. The third-order valence-corrected chi connectivity index (χ3v) is 4.00. The summed E-state index contributed by atoms with van der Waals surface area (Å²) in [6.45, 7) is 4.95. The second-order valence-electron chi connectivity index (χ2n) is 6.24. The Morgan fingerprint density at radius 3 is 2.23 bits per heavy atom. The average Bonchev–Trinajstić information content (AvgIpc) is 2.66. The highest BCUT2D eigenvalue weighted by Crippen LogP contribution is 2.17. The minimum absolute atomic E-state index is 0.0212. The molecule has 0 aliphatic heterocycles. The summed E-state index contributed by atoms with van der Waals surface area (Å²) < 4.78 is 10.8. The molecule has 0 radical (unpaired) electrons. The third kappa shape index (κ3) is 6.76. The van der Waals surface area contributed by atoms with Gasteiger partial charge in [-0.3, -0.25) is 4.79 Å². The lowest BCUT2D eigenvalue weighted by Crippen LogP contribution is -2.35. The predicted molar refractivity (Wildman–Crippen MR) is 102 cm³/mol. The van der Waals surface area contributed by atoms with E-state index in [1.807, 2.05) is 26.0 Å². The number of carbonyl (C=O) groups is 1. The lowest BCUT2D eigenvalue weighted by Gasteiger charge is -2.15. The van der Waals surface area contributed by atoms with Gasteiger partial charge < -0.3 is 19.9 Å². The van der Waals surface area contributed by atoms with Crippen molar-refractivity contribution >= 4 is 5.91 Å². The molecule has 5 heteroatoms. The Kier molecular flexibility index (Phi) is 7.96. The zero-order valence-electron chi connectivity index (χ0n) is 15.4. The van der Waals surface area contributed by atoms with Gasteiger partial charge in [-0.25, -0.2) is 0 Å². The second kappa shape index (κ2) is 10.5. The molecule has 0 unspecified atom stereocenters. The molecule has 2 rings (SSSR count). The number of aliphatic hydroxyl groups excluding tert-OH is 1. The summed E-state index contributed by atoms with van der Waals surface area (Å²) in [5.74, 6) is 1.15. The number of ether oxygens (including phenoxy) is 2. The van der Waals surface area contributed by atoms with E-state index in [0.717, 1.165) is 17.7 Å². The summed E-state index contributed by atoms with van der Waals surface area (Å²) >= 11 is 0. The number of carbonyl (C=O) groups excluding carboxylic acids is 1. The maximum Gasteiger partial charge on any atom is 0.257 e. The van der Waals surface area contributed by atoms with E-state index in [1.165, 1.54) is 5.56 Å². The van der Waals surface area contributed by atoms with Crippen LogP contribution in [0.4, 0.5) is 0 Å². The van der Waals surface area contributed by atoms with Crippen LogP contribution in [0.3, 0.4) is 0 Å². The van der Waals surface area contributed by atoms with E-state index in [9.17, 15) is 9.90 Å². The van der Waals surface area contributed by atoms with Gasteiger partial charge in [0.2, 0.25) is 0 Å². The van der Waals surface area contributed by atoms with E-state index in [2.05, 4.69) is 17.4 Å². The van der Waals surface area contributed by atoms with Crippen molar-refractivity contribution in [1.29, 1.82) is 0 Å². The summed E-state index contributed by atoms with van der Waals surface area (Å²) in [6.07, 6.45) is 0.719. The van der Waals surface area contributed by atoms with Crippen LogP contribution >= 0.6 is 0 Å². The molecule has 26 heavy (non-hydrogen) atoms. The topological polar surface area (TPSA) is 67.8 Å². The van der Waals surface area contributed by atoms with Gasteiger partial charge in [-0.15, -0.1) is 0 Å². The van der Waals surface area contributed by atoms with Gasteiger partial charge in [-0.1, -0.05) is 29.8 Å². The van der Waals surface area contributed by atoms with Crippen molar-refractivity contribution in [2.45, 2.75) is 20.3 Å². The van der Waals surface area contributed by atoms with E-state index in [1.54, 1.807) is 24.3 Å². The van der Waals surface area contributed by atoms with Crippen LogP contribution in [0, 0.1) is 12.8 Å². The highest BCUT2D eigenvalue weighted by molar-refractivity contribution is 5.77. The van der Waals surface area contributed by atoms with Crippen LogP contribution in [0.25, 0.3) is 0 Å². The van der Waals surface area contributed by atoms with Crippen LogP contribution in [0.1, 0.15) is 18.1 Å². The van der Waals surface area contributed by atoms with Crippen LogP contribution in [0.15, 0.2) is 48.5 Å². The quantitative estimate of drug-likeness (QED) is 0.686. The first-order chi connectivity index (χ1) is 12.6. The normalized spacial score (nSPS) is 11.7. The molecule has 5 nitrogen and oxygen atoms in total. The molecule has 0 aliphatic rings. The fraction of sp³-hybridized carbons (Fsp3) is 0.381. The van der Waals surface area contributed by atoms with Crippen molar-refractivity contribution in [2.75, 3.05) is 26.4 Å². The molecule has 1 atom stereocenters. The lowest BCUT2D eigenvalue weighted by molar-refractivity contribution is -0.123. The molecule has 0 saturated carbocycles. The third-order valence-electron chi connectivity index (χ3n) is 4.00. The number of rotatable bonds is 10. The number of benzene rings is 2. The van der Waals surface area contributed by atoms with E-state index >= 15 is 0 Å². The maximum atomic E-state index is 12.0. The Hall–Kier alpha value is -2.53. The molecule has 0 fully saturated rings. The average molecular weight is 357 g/mol. The van der Waals surface area contributed by atoms with E-state index in [4.69, 9.17) is 9.47 Å². The maximum absolute atomic E-state index is 12.0. The number of aliphatic hydroxyl groups is 1. The predicted octanol–water partition coefficient (Wildman–Crippen LogP) is 2.74. The molecule has 0 heterocycles. The summed E-state index contributed by atoms with van der Waals surface area (Å²) in [6, 6.07) is 15.3. The van der Waals surface area contributed by atoms with Gasteiger partial charge in [0, 0.05) is 19.1 Å². The van der Waals surface area contributed by atoms with E-state index in [0.29, 0.717) is 18.9 Å². The van der Waals surface area contributed by atoms with Gasteiger partial charge in [-0.2, -0.15) is 0 Å². The summed E-state index contributed by atoms with van der Waals surface area (Å²) in [5, 5.41) is 12.4. The minimum Gasteiger partial charge on any atom is -0.494 e. The van der Waals surface area contributed by atoms with Crippen molar-refractivity contribution in [3.05, 3.63) is 59.7 Å². The summed E-state index contributed by atoms with van der Waals surface area (Å²) in [5.41, 5.74) is 2.35. The molecule has 140 valence electrons. The van der Waals surface area contributed by atoms with Crippen molar-refractivity contribution in [1.82, 2.24) is 5.32 Å². The van der Waals surface area contributed by atoms with Gasteiger partial charge >= 0.3 is 0 Å². The SMILES string of the molecule is CCOc1ccc(OCC(=O)NC[C@H](CO)Cc2ccc(C)cc2)cc1. The Labute approximate surface area is 155 Å². The molecule has 0 aromatic heterocycles. The van der Waals surface area contributed by atoms with Crippen LogP contribution < -0.4 is 14.8 Å². The van der Waals surface area contributed by atoms with Crippen molar-refractivity contribution in [3.63, 3.8) is 0 Å². The Bertz CT molecular complexity index is 667. The highest BCUT2D eigenvalue weighted by Gasteiger charge is 2.11. The molecule has 2 aromatic rings. The summed E-state index contributed by atoms with van der Waals surface area (Å²) in [7, 11) is 0. The fourth-order valence-electron chi connectivity index (χ4n) is 2.52. The molecule has 0 saturated heterocycles. The van der Waals surface area contributed by atoms with Gasteiger partial charge in [0.1, 0.15) is 11.5 Å². The molecule has 2 aromatic carbocycles. The molecule has 2 N–H and O–H groups in total. The number of amides is 1. The number of nitrogens with one attached hydrogen (secondary N) is 1. The van der Waals surface area contributed by atoms with E-state index in [-0.39, 0.29) is 25.0 Å². The van der Waals surface area contributed by atoms with Crippen LogP contribution in [0.5, 0.6) is 11.5 Å². The first kappa shape index (κ1) is 19.8. The number of hydrogen-bond acceptors (Lipinski definition) is 4. The van der Waals surface area contributed by atoms with Crippen molar-refractivity contribution in [2.24, 2.45) is 5.92 Å². The monoisotopic (exact) mass is 357 g/mol. The molecular formula is C21H27NO4. The smallest absolute Gasteiger partial charge is 0.257 e. The molecule has 0 bridgehead atoms. The number of aryl methyl sites for hydroxylation is 1. The van der Waals surface area contributed by atoms with Crippen molar-refractivity contribution in [3.8, 4) is 11.5 Å². The number of hydrogen-bond donors (Lipinski definition) is 2. The second-order valence-corrected chi connectivity index (χ2v) is 6.24. The highest BCUT2D eigenvalue weighted by atomic mass is 16.5. The fourth-order valence-corrected chi connectivity index (χ4v) is 2.52. The molecule has 0 spiro atoms. The van der Waals surface area contributed by atoms with Gasteiger partial charge in [0.15, 0.2) is 6.61 Å². The van der Waals surface area contributed by atoms with Crippen molar-refractivity contribution < 1.29 is 19.4 Å². The first-order valence-corrected chi connectivity index (χ1v) is 8.89. The largest absolute Gasteiger partial charge is 0.494 e. The van der Waals surface area contributed by atoms with Gasteiger partial charge in [-0.05, 0) is 50.1 Å². The van der Waals surface area contributed by atoms with Gasteiger partial charge in [0.25, 0.3) is 5.91 Å². The standard InChI is InChI=1S/C21H27NO4/c1-3-25-19-8-10-20(11-9-19)26-15-21(24)22-13-18(14-23)12-17-6-4-16(2)5-7-17/h4-11,18,23H,3,12-15H2,1-2H3,(H,22,24)/t18-/m1/s1. The molecular weight excluding hydrogens is 330 g/mol. The van der Waals surface area contributed by atoms with E-state index < -0.39 is 0 Å². The Morgan fingerprint density at radius 1 is 1.04 bits per heavy atom. The zero-order chi connectivity index (χ0) is 18.8. The van der Waals surface area contributed by atoms with Crippen LogP contribution in [0.2, 0.25) is 0 Å². The van der Waals surface area contributed by atoms with Crippen LogP contribution in [-0.4, -0.2) is 37.4 Å². The van der Waals surface area contributed by atoms with Crippen LogP contribution in [-0.2, 0) is 11.2 Å². The Morgan fingerprint density at radius 2 is 1.65 bits per heavy atom.